The third-order valence-electron chi connectivity index (χ3n) is 2.52. The fraction of sp³-hybridized carbons (Fsp3) is 0.615. The summed E-state index contributed by atoms with van der Waals surface area (Å²) in [6.45, 7) is 5.91. The number of nitrogens with one attached hydrogen (secondary N) is 1. The van der Waals surface area contributed by atoms with E-state index in [2.05, 4.69) is 24.1 Å². The Bertz CT molecular complexity index is 313. The molecule has 0 amide bonds. The molecule has 1 aromatic heterocycles. The van der Waals surface area contributed by atoms with Gasteiger partial charge in [0.1, 0.15) is 5.75 Å². The summed E-state index contributed by atoms with van der Waals surface area (Å²) in [7, 11) is 0. The summed E-state index contributed by atoms with van der Waals surface area (Å²) in [4.78, 5) is 4.32. The Morgan fingerprint density at radius 1 is 1.50 bits per heavy atom. The maximum atomic E-state index is 5.66. The zero-order valence-corrected chi connectivity index (χ0v) is 10.1. The molecule has 0 aliphatic heterocycles. The minimum absolute atomic E-state index is 0.557. The van der Waals surface area contributed by atoms with E-state index in [-0.39, 0.29) is 0 Å². The minimum atomic E-state index is 0.557. The van der Waals surface area contributed by atoms with Crippen LogP contribution in [0.4, 0.5) is 0 Å². The highest BCUT2D eigenvalue weighted by Crippen LogP contribution is 2.19. The molecule has 1 saturated carbocycles. The van der Waals surface area contributed by atoms with Crippen molar-refractivity contribution in [2.45, 2.75) is 39.3 Å². The van der Waals surface area contributed by atoms with Gasteiger partial charge in [0.2, 0.25) is 0 Å². The van der Waals surface area contributed by atoms with Gasteiger partial charge in [-0.25, -0.2) is 0 Å². The van der Waals surface area contributed by atoms with E-state index in [1.54, 1.807) is 0 Å². The summed E-state index contributed by atoms with van der Waals surface area (Å²) in [6, 6.07) is 4.67. The van der Waals surface area contributed by atoms with Gasteiger partial charge in [-0.05, 0) is 24.8 Å². The Labute approximate surface area is 97.2 Å². The van der Waals surface area contributed by atoms with Crippen molar-refractivity contribution < 1.29 is 4.74 Å². The lowest BCUT2D eigenvalue weighted by molar-refractivity contribution is 0.270. The van der Waals surface area contributed by atoms with E-state index < -0.39 is 0 Å². The SMILES string of the molecule is CC(C)COc1ccnc(CNC2CC2)c1. The van der Waals surface area contributed by atoms with Gasteiger partial charge in [0.25, 0.3) is 0 Å². The van der Waals surface area contributed by atoms with Crippen LogP contribution in [0.2, 0.25) is 0 Å². The smallest absolute Gasteiger partial charge is 0.122 e. The van der Waals surface area contributed by atoms with Crippen molar-refractivity contribution in [3.05, 3.63) is 24.0 Å². The van der Waals surface area contributed by atoms with Crippen LogP contribution in [-0.2, 0) is 6.54 Å². The van der Waals surface area contributed by atoms with Gasteiger partial charge in [-0.2, -0.15) is 0 Å². The van der Waals surface area contributed by atoms with E-state index in [1.807, 2.05) is 18.3 Å². The number of hydrogen-bond acceptors (Lipinski definition) is 3. The van der Waals surface area contributed by atoms with Crippen molar-refractivity contribution in [1.29, 1.82) is 0 Å². The van der Waals surface area contributed by atoms with Gasteiger partial charge in [0.15, 0.2) is 0 Å². The second-order valence-corrected chi connectivity index (χ2v) is 4.84. The molecule has 2 rings (SSSR count). The summed E-state index contributed by atoms with van der Waals surface area (Å²) in [5, 5.41) is 3.45. The Morgan fingerprint density at radius 3 is 3.00 bits per heavy atom. The van der Waals surface area contributed by atoms with Crippen molar-refractivity contribution in [1.82, 2.24) is 10.3 Å². The molecule has 3 nitrogen and oxygen atoms in total. The molecule has 3 heteroatoms. The van der Waals surface area contributed by atoms with Crippen molar-refractivity contribution in [3.63, 3.8) is 0 Å². The lowest BCUT2D eigenvalue weighted by Gasteiger charge is -2.09. The van der Waals surface area contributed by atoms with E-state index in [4.69, 9.17) is 4.74 Å². The highest BCUT2D eigenvalue weighted by atomic mass is 16.5. The molecule has 0 bridgehead atoms. The molecule has 0 spiro atoms. The first-order valence-corrected chi connectivity index (χ1v) is 6.05. The van der Waals surface area contributed by atoms with E-state index in [0.29, 0.717) is 5.92 Å². The molecule has 1 aromatic rings. The van der Waals surface area contributed by atoms with Crippen LogP contribution in [-0.4, -0.2) is 17.6 Å². The molecular formula is C13H20N2O. The van der Waals surface area contributed by atoms with Crippen LogP contribution in [0.1, 0.15) is 32.4 Å². The monoisotopic (exact) mass is 220 g/mol. The molecule has 0 saturated heterocycles. The lowest BCUT2D eigenvalue weighted by atomic mass is 10.2. The summed E-state index contributed by atoms with van der Waals surface area (Å²) in [5.41, 5.74) is 1.06. The molecule has 0 unspecified atom stereocenters. The number of hydrogen-bond donors (Lipinski definition) is 1. The second kappa shape index (κ2) is 5.30. The average molecular weight is 220 g/mol. The van der Waals surface area contributed by atoms with Crippen LogP contribution in [0, 0.1) is 5.92 Å². The number of rotatable bonds is 6. The molecule has 0 atom stereocenters. The Balaban J connectivity index is 1.84. The fourth-order valence-electron chi connectivity index (χ4n) is 1.44. The molecule has 1 fully saturated rings. The topological polar surface area (TPSA) is 34.1 Å². The van der Waals surface area contributed by atoms with Crippen LogP contribution in [0.3, 0.4) is 0 Å². The highest BCUT2D eigenvalue weighted by molar-refractivity contribution is 5.22. The molecule has 0 aromatic carbocycles. The van der Waals surface area contributed by atoms with Gasteiger partial charge in [-0.15, -0.1) is 0 Å². The Hall–Kier alpha value is -1.09. The Morgan fingerprint density at radius 2 is 2.31 bits per heavy atom. The number of ether oxygens (including phenoxy) is 1. The largest absolute Gasteiger partial charge is 0.493 e. The molecule has 1 aliphatic rings. The fourth-order valence-corrected chi connectivity index (χ4v) is 1.44. The van der Waals surface area contributed by atoms with Gasteiger partial charge in [-0.1, -0.05) is 13.8 Å². The Kier molecular flexibility index (Phi) is 3.78. The number of nitrogens with zero attached hydrogens (tertiary/aromatic N) is 1. The van der Waals surface area contributed by atoms with Crippen LogP contribution in [0.15, 0.2) is 18.3 Å². The molecule has 88 valence electrons. The predicted octanol–water partition coefficient (Wildman–Crippen LogP) is 2.37. The van der Waals surface area contributed by atoms with Gasteiger partial charge in [-0.3, -0.25) is 4.98 Å². The van der Waals surface area contributed by atoms with E-state index in [9.17, 15) is 0 Å². The maximum absolute atomic E-state index is 5.66. The molecule has 1 N–H and O–H groups in total. The van der Waals surface area contributed by atoms with Crippen LogP contribution in [0.25, 0.3) is 0 Å². The standard InChI is InChI=1S/C13H20N2O/c1-10(2)9-16-13-5-6-14-12(7-13)8-15-11-3-4-11/h5-7,10-11,15H,3-4,8-9H2,1-2H3. The molecular weight excluding hydrogens is 200 g/mol. The van der Waals surface area contributed by atoms with Crippen molar-refractivity contribution in [3.8, 4) is 5.75 Å². The molecule has 16 heavy (non-hydrogen) atoms. The van der Waals surface area contributed by atoms with Crippen molar-refractivity contribution >= 4 is 0 Å². The quantitative estimate of drug-likeness (QED) is 0.799. The predicted molar refractivity (Wildman–Crippen MR) is 64.4 cm³/mol. The van der Waals surface area contributed by atoms with E-state index in [0.717, 1.165) is 30.6 Å². The summed E-state index contributed by atoms with van der Waals surface area (Å²) in [6.07, 6.45) is 4.44. The van der Waals surface area contributed by atoms with Gasteiger partial charge in [0.05, 0.1) is 12.3 Å². The summed E-state index contributed by atoms with van der Waals surface area (Å²) in [5.74, 6) is 1.48. The average Bonchev–Trinajstić information content (AvgIpc) is 3.08. The van der Waals surface area contributed by atoms with Crippen LogP contribution < -0.4 is 10.1 Å². The van der Waals surface area contributed by atoms with Crippen molar-refractivity contribution in [2.24, 2.45) is 5.92 Å². The van der Waals surface area contributed by atoms with Gasteiger partial charge >= 0.3 is 0 Å². The maximum Gasteiger partial charge on any atom is 0.122 e. The van der Waals surface area contributed by atoms with Gasteiger partial charge < -0.3 is 10.1 Å². The lowest BCUT2D eigenvalue weighted by Crippen LogP contribution is -2.16. The van der Waals surface area contributed by atoms with Gasteiger partial charge in [0, 0.05) is 24.8 Å². The van der Waals surface area contributed by atoms with E-state index >= 15 is 0 Å². The van der Waals surface area contributed by atoms with Crippen LogP contribution >= 0.6 is 0 Å². The van der Waals surface area contributed by atoms with Crippen LogP contribution in [0.5, 0.6) is 5.75 Å². The zero-order valence-electron chi connectivity index (χ0n) is 10.1. The van der Waals surface area contributed by atoms with Crippen molar-refractivity contribution in [2.75, 3.05) is 6.61 Å². The zero-order chi connectivity index (χ0) is 11.4. The molecule has 1 aliphatic carbocycles. The first-order chi connectivity index (χ1) is 7.74. The number of aromatic nitrogens is 1. The second-order valence-electron chi connectivity index (χ2n) is 4.84. The third-order valence-corrected chi connectivity index (χ3v) is 2.52. The molecule has 1 heterocycles. The minimum Gasteiger partial charge on any atom is -0.493 e. The first kappa shape index (κ1) is 11.4. The first-order valence-electron chi connectivity index (χ1n) is 6.05. The van der Waals surface area contributed by atoms with E-state index in [1.165, 1.54) is 12.8 Å². The summed E-state index contributed by atoms with van der Waals surface area (Å²) < 4.78 is 5.66. The summed E-state index contributed by atoms with van der Waals surface area (Å²) >= 11 is 0. The number of pyridine rings is 1. The molecule has 0 radical (unpaired) electrons. The third kappa shape index (κ3) is 3.81. The highest BCUT2D eigenvalue weighted by Gasteiger charge is 2.20. The normalized spacial score (nSPS) is 15.4.